The molecule has 0 saturated heterocycles. The first-order valence-corrected chi connectivity index (χ1v) is 9.74. The van der Waals surface area contributed by atoms with E-state index in [9.17, 15) is 9.59 Å². The maximum atomic E-state index is 12.3. The van der Waals surface area contributed by atoms with E-state index >= 15 is 0 Å². The maximum absolute atomic E-state index is 12.3. The molecule has 7 heteroatoms. The lowest BCUT2D eigenvalue weighted by Crippen LogP contribution is -2.13. The van der Waals surface area contributed by atoms with Gasteiger partial charge in [0.1, 0.15) is 5.00 Å². The van der Waals surface area contributed by atoms with E-state index in [1.54, 1.807) is 24.3 Å². The Kier molecular flexibility index (Phi) is 6.01. The van der Waals surface area contributed by atoms with Gasteiger partial charge in [0.05, 0.1) is 12.7 Å². The van der Waals surface area contributed by atoms with Gasteiger partial charge < -0.3 is 10.1 Å². The molecule has 0 saturated carbocycles. The number of carbonyl (C=O) groups excluding carboxylic acids is 2. The van der Waals surface area contributed by atoms with Gasteiger partial charge in [0, 0.05) is 21.0 Å². The van der Waals surface area contributed by atoms with Gasteiger partial charge in [-0.05, 0) is 55.0 Å². The van der Waals surface area contributed by atoms with Gasteiger partial charge in [-0.15, -0.1) is 11.3 Å². The van der Waals surface area contributed by atoms with Crippen LogP contribution in [0.15, 0.2) is 24.3 Å². The van der Waals surface area contributed by atoms with Crippen LogP contribution in [0.1, 0.15) is 39.2 Å². The molecular weight excluding hydrogens is 393 g/mol. The van der Waals surface area contributed by atoms with Gasteiger partial charge in [-0.2, -0.15) is 0 Å². The zero-order chi connectivity index (χ0) is 18.7. The molecule has 0 spiro atoms. The number of halogens is 2. The number of anilines is 1. The SMILES string of the molecule is COC(=O)c1c(NC(=O)C=Cc2ccc(Cl)cc2Cl)sc2c1CCCC2. The maximum Gasteiger partial charge on any atom is 0.341 e. The summed E-state index contributed by atoms with van der Waals surface area (Å²) in [7, 11) is 1.35. The Morgan fingerprint density at radius 2 is 2.00 bits per heavy atom. The van der Waals surface area contributed by atoms with Crippen molar-refractivity contribution in [2.75, 3.05) is 12.4 Å². The molecule has 0 unspecified atom stereocenters. The molecular formula is C19H17Cl2NO3S. The number of hydrogen-bond donors (Lipinski definition) is 1. The van der Waals surface area contributed by atoms with E-state index in [2.05, 4.69) is 5.32 Å². The first-order chi connectivity index (χ1) is 12.5. The molecule has 0 atom stereocenters. The Hall–Kier alpha value is -1.82. The van der Waals surface area contributed by atoms with Gasteiger partial charge in [0.25, 0.3) is 0 Å². The monoisotopic (exact) mass is 409 g/mol. The van der Waals surface area contributed by atoms with E-state index in [0.29, 0.717) is 26.2 Å². The van der Waals surface area contributed by atoms with Crippen LogP contribution in [0.5, 0.6) is 0 Å². The van der Waals surface area contributed by atoms with Crippen LogP contribution in [0.2, 0.25) is 10.0 Å². The molecule has 0 aliphatic heterocycles. The van der Waals surface area contributed by atoms with Crippen LogP contribution >= 0.6 is 34.5 Å². The van der Waals surface area contributed by atoms with Crippen molar-refractivity contribution in [3.8, 4) is 0 Å². The van der Waals surface area contributed by atoms with Crippen LogP contribution in [0, 0.1) is 0 Å². The first-order valence-electron chi connectivity index (χ1n) is 8.16. The van der Waals surface area contributed by atoms with Gasteiger partial charge >= 0.3 is 5.97 Å². The van der Waals surface area contributed by atoms with Crippen molar-refractivity contribution >= 4 is 57.5 Å². The summed E-state index contributed by atoms with van der Waals surface area (Å²) < 4.78 is 4.91. The third kappa shape index (κ3) is 4.11. The number of nitrogens with one attached hydrogen (secondary N) is 1. The lowest BCUT2D eigenvalue weighted by atomic mass is 9.95. The number of hydrogen-bond acceptors (Lipinski definition) is 4. The van der Waals surface area contributed by atoms with Crippen LogP contribution in [0.3, 0.4) is 0 Å². The Morgan fingerprint density at radius 1 is 1.23 bits per heavy atom. The quantitative estimate of drug-likeness (QED) is 0.545. The standard InChI is InChI=1S/C19H17Cl2NO3S/c1-25-19(24)17-13-4-2-3-5-15(13)26-18(17)22-16(23)9-7-11-6-8-12(20)10-14(11)21/h6-10H,2-5H2,1H3,(H,22,23). The molecule has 1 N–H and O–H groups in total. The minimum Gasteiger partial charge on any atom is -0.465 e. The van der Waals surface area contributed by atoms with E-state index in [0.717, 1.165) is 36.1 Å². The van der Waals surface area contributed by atoms with Gasteiger partial charge in [-0.1, -0.05) is 29.3 Å². The van der Waals surface area contributed by atoms with Crippen LogP contribution in [0.25, 0.3) is 6.08 Å². The first kappa shape index (κ1) is 19.0. The summed E-state index contributed by atoms with van der Waals surface area (Å²) in [4.78, 5) is 25.7. The van der Waals surface area contributed by atoms with Gasteiger partial charge in [0.15, 0.2) is 0 Å². The number of esters is 1. The van der Waals surface area contributed by atoms with Gasteiger partial charge in [0.2, 0.25) is 5.91 Å². The lowest BCUT2D eigenvalue weighted by molar-refractivity contribution is -0.111. The normalized spacial score (nSPS) is 13.5. The van der Waals surface area contributed by atoms with Crippen molar-refractivity contribution in [2.45, 2.75) is 25.7 Å². The molecule has 1 amide bonds. The molecule has 26 heavy (non-hydrogen) atoms. The Balaban J connectivity index is 1.82. The summed E-state index contributed by atoms with van der Waals surface area (Å²) in [5.41, 5.74) is 2.18. The van der Waals surface area contributed by atoms with E-state index in [1.165, 1.54) is 24.5 Å². The number of carbonyl (C=O) groups is 2. The van der Waals surface area contributed by atoms with E-state index in [4.69, 9.17) is 27.9 Å². The molecule has 4 nitrogen and oxygen atoms in total. The summed E-state index contributed by atoms with van der Waals surface area (Å²) in [5, 5.41) is 4.34. The third-order valence-electron chi connectivity index (χ3n) is 4.17. The summed E-state index contributed by atoms with van der Waals surface area (Å²) in [6.45, 7) is 0. The third-order valence-corrected chi connectivity index (χ3v) is 5.94. The number of fused-ring (bicyclic) bond motifs is 1. The molecule has 0 bridgehead atoms. The number of thiophene rings is 1. The molecule has 1 aromatic carbocycles. The molecule has 1 aliphatic rings. The number of benzene rings is 1. The zero-order valence-electron chi connectivity index (χ0n) is 14.1. The number of amides is 1. The van der Waals surface area contributed by atoms with Crippen molar-refractivity contribution < 1.29 is 14.3 Å². The summed E-state index contributed by atoms with van der Waals surface area (Å²) >= 11 is 13.4. The minimum absolute atomic E-state index is 0.334. The molecule has 1 heterocycles. The Labute approximate surface area is 165 Å². The largest absolute Gasteiger partial charge is 0.465 e. The van der Waals surface area contributed by atoms with Crippen molar-refractivity contribution in [3.63, 3.8) is 0 Å². The van der Waals surface area contributed by atoms with Crippen molar-refractivity contribution in [3.05, 3.63) is 55.9 Å². The topological polar surface area (TPSA) is 55.4 Å². The fourth-order valence-electron chi connectivity index (χ4n) is 2.93. The highest BCUT2D eigenvalue weighted by atomic mass is 35.5. The lowest BCUT2D eigenvalue weighted by Gasteiger charge is -2.11. The van der Waals surface area contributed by atoms with Crippen molar-refractivity contribution in [1.29, 1.82) is 0 Å². The molecule has 2 aromatic rings. The smallest absolute Gasteiger partial charge is 0.341 e. The van der Waals surface area contributed by atoms with E-state index in [-0.39, 0.29) is 5.91 Å². The molecule has 3 rings (SSSR count). The summed E-state index contributed by atoms with van der Waals surface area (Å²) in [6, 6.07) is 5.05. The number of methoxy groups -OCH3 is 1. The van der Waals surface area contributed by atoms with Crippen LogP contribution in [-0.4, -0.2) is 19.0 Å². The number of rotatable bonds is 4. The Bertz CT molecular complexity index is 889. The predicted molar refractivity (Wildman–Crippen MR) is 106 cm³/mol. The van der Waals surface area contributed by atoms with Crippen molar-refractivity contribution in [2.24, 2.45) is 0 Å². The van der Waals surface area contributed by atoms with E-state index < -0.39 is 5.97 Å². The Morgan fingerprint density at radius 3 is 2.73 bits per heavy atom. The van der Waals surface area contributed by atoms with Gasteiger partial charge in [-0.25, -0.2) is 4.79 Å². The van der Waals surface area contributed by atoms with Crippen LogP contribution < -0.4 is 5.32 Å². The fourth-order valence-corrected chi connectivity index (χ4v) is 4.68. The van der Waals surface area contributed by atoms with E-state index in [1.807, 2.05) is 0 Å². The van der Waals surface area contributed by atoms with Crippen molar-refractivity contribution in [1.82, 2.24) is 0 Å². The zero-order valence-corrected chi connectivity index (χ0v) is 16.4. The number of ether oxygens (including phenoxy) is 1. The average Bonchev–Trinajstić information content (AvgIpc) is 2.98. The van der Waals surface area contributed by atoms with Gasteiger partial charge in [-0.3, -0.25) is 4.79 Å². The van der Waals surface area contributed by atoms with Crippen LogP contribution in [0.4, 0.5) is 5.00 Å². The summed E-state index contributed by atoms with van der Waals surface area (Å²) in [5.74, 6) is -0.746. The minimum atomic E-state index is -0.413. The number of aryl methyl sites for hydroxylation is 1. The average molecular weight is 410 g/mol. The second-order valence-corrected chi connectivity index (χ2v) is 7.84. The van der Waals surface area contributed by atoms with Crippen LogP contribution in [-0.2, 0) is 22.4 Å². The molecule has 1 aromatic heterocycles. The molecule has 1 aliphatic carbocycles. The highest BCUT2D eigenvalue weighted by molar-refractivity contribution is 7.17. The highest BCUT2D eigenvalue weighted by Gasteiger charge is 2.26. The molecule has 0 fully saturated rings. The fraction of sp³-hybridized carbons (Fsp3) is 0.263. The predicted octanol–water partition coefficient (Wildman–Crippen LogP) is 5.37. The highest BCUT2D eigenvalue weighted by Crippen LogP contribution is 2.38. The molecule has 136 valence electrons. The molecule has 0 radical (unpaired) electrons. The summed E-state index contributed by atoms with van der Waals surface area (Å²) in [6.07, 6.45) is 6.89. The second kappa shape index (κ2) is 8.25. The second-order valence-electron chi connectivity index (χ2n) is 5.90.